The normalized spacial score (nSPS) is 13.8. The van der Waals surface area contributed by atoms with Crippen molar-refractivity contribution < 1.29 is 13.5 Å². The average molecular weight is 286 g/mol. The van der Waals surface area contributed by atoms with E-state index in [1.54, 1.807) is 19.1 Å². The van der Waals surface area contributed by atoms with Gasteiger partial charge in [0, 0.05) is 6.04 Å². The summed E-state index contributed by atoms with van der Waals surface area (Å²) in [6.45, 7) is 7.00. The van der Waals surface area contributed by atoms with Gasteiger partial charge in [0.25, 0.3) is 0 Å². The Morgan fingerprint density at radius 1 is 1.32 bits per heavy atom. The van der Waals surface area contributed by atoms with Crippen molar-refractivity contribution in [3.05, 3.63) is 23.3 Å². The molecule has 6 heteroatoms. The lowest BCUT2D eigenvalue weighted by Crippen LogP contribution is -2.41. The Morgan fingerprint density at radius 3 is 2.37 bits per heavy atom. The summed E-state index contributed by atoms with van der Waals surface area (Å²) in [6, 6.07) is 2.85. The molecule has 0 aliphatic heterocycles. The molecule has 4 N–H and O–H groups in total. The number of anilines is 1. The van der Waals surface area contributed by atoms with Crippen molar-refractivity contribution in [2.45, 2.75) is 38.6 Å². The van der Waals surface area contributed by atoms with E-state index < -0.39 is 16.1 Å². The van der Waals surface area contributed by atoms with Gasteiger partial charge < -0.3 is 10.8 Å². The number of nitrogen functional groups attached to an aromatic ring is 1. The van der Waals surface area contributed by atoms with Gasteiger partial charge in [-0.1, -0.05) is 19.9 Å². The third-order valence-corrected chi connectivity index (χ3v) is 4.98. The monoisotopic (exact) mass is 286 g/mol. The molecule has 0 aromatic heterocycles. The van der Waals surface area contributed by atoms with Gasteiger partial charge in [0.15, 0.2) is 0 Å². The first-order valence-corrected chi connectivity index (χ1v) is 7.68. The van der Waals surface area contributed by atoms with E-state index in [-0.39, 0.29) is 23.1 Å². The first-order valence-electron chi connectivity index (χ1n) is 6.19. The minimum atomic E-state index is -3.74. The Kier molecular flexibility index (Phi) is 4.95. The van der Waals surface area contributed by atoms with Crippen LogP contribution in [0.15, 0.2) is 17.0 Å². The summed E-state index contributed by atoms with van der Waals surface area (Å²) in [5, 5.41) is 9.24. The average Bonchev–Trinajstić information content (AvgIpc) is 2.30. The van der Waals surface area contributed by atoms with Crippen molar-refractivity contribution in [2.75, 3.05) is 12.3 Å². The van der Waals surface area contributed by atoms with Crippen LogP contribution in [0.2, 0.25) is 0 Å². The van der Waals surface area contributed by atoms with Crippen molar-refractivity contribution in [3.8, 4) is 0 Å². The minimum Gasteiger partial charge on any atom is -0.398 e. The van der Waals surface area contributed by atoms with E-state index in [1.165, 1.54) is 0 Å². The number of hydrogen-bond acceptors (Lipinski definition) is 4. The fraction of sp³-hybridized carbons (Fsp3) is 0.538. The van der Waals surface area contributed by atoms with Gasteiger partial charge in [-0.2, -0.15) is 0 Å². The van der Waals surface area contributed by atoms with E-state index in [0.717, 1.165) is 5.56 Å². The molecule has 1 atom stereocenters. The lowest BCUT2D eigenvalue weighted by atomic mass is 10.1. The van der Waals surface area contributed by atoms with Gasteiger partial charge >= 0.3 is 0 Å². The molecule has 0 aliphatic carbocycles. The number of aliphatic hydroxyl groups excluding tert-OH is 1. The van der Waals surface area contributed by atoms with E-state index in [0.29, 0.717) is 5.56 Å². The molecule has 0 radical (unpaired) electrons. The predicted octanol–water partition coefficient (Wildman–Crippen LogP) is 1.18. The molecular weight excluding hydrogens is 264 g/mol. The summed E-state index contributed by atoms with van der Waals surface area (Å²) in [7, 11) is -3.74. The summed E-state index contributed by atoms with van der Waals surface area (Å²) >= 11 is 0. The number of nitrogens with two attached hydrogens (primary N) is 1. The maximum atomic E-state index is 12.4. The zero-order valence-corrected chi connectivity index (χ0v) is 12.6. The molecule has 0 spiro atoms. The van der Waals surface area contributed by atoms with Crippen LogP contribution in [-0.2, 0) is 10.0 Å². The van der Waals surface area contributed by atoms with Crippen LogP contribution in [0.3, 0.4) is 0 Å². The van der Waals surface area contributed by atoms with E-state index >= 15 is 0 Å². The van der Waals surface area contributed by atoms with Crippen LogP contribution in [0.1, 0.15) is 25.0 Å². The van der Waals surface area contributed by atoms with E-state index in [2.05, 4.69) is 4.72 Å². The Morgan fingerprint density at radius 2 is 1.89 bits per heavy atom. The summed E-state index contributed by atoms with van der Waals surface area (Å²) < 4.78 is 27.3. The standard InChI is InChI=1S/C13H22N2O3S/c1-8(2)12(7-16)15-19(17,18)13-10(4)9(3)5-6-11(13)14/h5-6,8,12,15-16H,7,14H2,1-4H3/t12-/m1/s1. The van der Waals surface area contributed by atoms with Gasteiger partial charge in [0.2, 0.25) is 10.0 Å². The Bertz CT molecular complexity index is 553. The highest BCUT2D eigenvalue weighted by Gasteiger charge is 2.25. The molecule has 1 rings (SSSR count). The molecule has 0 bridgehead atoms. The highest BCUT2D eigenvalue weighted by molar-refractivity contribution is 7.89. The first kappa shape index (κ1) is 15.9. The molecule has 1 aromatic carbocycles. The van der Waals surface area contributed by atoms with Crippen LogP contribution in [0, 0.1) is 19.8 Å². The van der Waals surface area contributed by atoms with Crippen molar-refractivity contribution in [3.63, 3.8) is 0 Å². The minimum absolute atomic E-state index is 0.00823. The molecule has 0 amide bonds. The van der Waals surface area contributed by atoms with Crippen LogP contribution < -0.4 is 10.5 Å². The van der Waals surface area contributed by atoms with Gasteiger partial charge in [-0.3, -0.25) is 0 Å². The van der Waals surface area contributed by atoms with Crippen molar-refractivity contribution >= 4 is 15.7 Å². The molecule has 0 fully saturated rings. The maximum absolute atomic E-state index is 12.4. The summed E-state index contributed by atoms with van der Waals surface area (Å²) in [4.78, 5) is 0.103. The van der Waals surface area contributed by atoms with Crippen LogP contribution in [0.4, 0.5) is 5.69 Å². The molecule has 1 aromatic rings. The maximum Gasteiger partial charge on any atom is 0.243 e. The molecule has 0 unspecified atom stereocenters. The quantitative estimate of drug-likeness (QED) is 0.709. The van der Waals surface area contributed by atoms with Gasteiger partial charge in [0.05, 0.1) is 12.3 Å². The van der Waals surface area contributed by atoms with Crippen molar-refractivity contribution in [1.29, 1.82) is 0 Å². The van der Waals surface area contributed by atoms with E-state index in [4.69, 9.17) is 5.73 Å². The molecule has 5 nitrogen and oxygen atoms in total. The molecule has 0 heterocycles. The topological polar surface area (TPSA) is 92.4 Å². The lowest BCUT2D eigenvalue weighted by molar-refractivity contribution is 0.227. The number of aliphatic hydroxyl groups is 1. The highest BCUT2D eigenvalue weighted by Crippen LogP contribution is 2.25. The number of sulfonamides is 1. The highest BCUT2D eigenvalue weighted by atomic mass is 32.2. The zero-order valence-electron chi connectivity index (χ0n) is 11.8. The van der Waals surface area contributed by atoms with Gasteiger partial charge in [-0.25, -0.2) is 13.1 Å². The van der Waals surface area contributed by atoms with Crippen LogP contribution in [0.25, 0.3) is 0 Å². The van der Waals surface area contributed by atoms with Crippen LogP contribution in [0.5, 0.6) is 0 Å². The second-order valence-corrected chi connectivity index (χ2v) is 6.73. The third-order valence-electron chi connectivity index (χ3n) is 3.28. The number of rotatable bonds is 5. The van der Waals surface area contributed by atoms with E-state index in [1.807, 2.05) is 20.8 Å². The SMILES string of the molecule is Cc1ccc(N)c(S(=O)(=O)N[C@H](CO)C(C)C)c1C. The third kappa shape index (κ3) is 3.46. The number of nitrogens with one attached hydrogen (secondary N) is 1. The van der Waals surface area contributed by atoms with Gasteiger partial charge in [-0.15, -0.1) is 0 Å². The zero-order chi connectivity index (χ0) is 14.8. The molecule has 19 heavy (non-hydrogen) atoms. The second kappa shape index (κ2) is 5.90. The number of hydrogen-bond donors (Lipinski definition) is 3. The molecular formula is C13H22N2O3S. The van der Waals surface area contributed by atoms with Crippen molar-refractivity contribution in [1.82, 2.24) is 4.72 Å². The molecule has 0 aliphatic rings. The van der Waals surface area contributed by atoms with Crippen molar-refractivity contribution in [2.24, 2.45) is 5.92 Å². The van der Waals surface area contributed by atoms with E-state index in [9.17, 15) is 13.5 Å². The Labute approximate surface area is 114 Å². The number of benzene rings is 1. The summed E-state index contributed by atoms with van der Waals surface area (Å²) in [5.74, 6) is -0.00823. The predicted molar refractivity (Wildman–Crippen MR) is 76.4 cm³/mol. The fourth-order valence-electron chi connectivity index (χ4n) is 1.81. The van der Waals surface area contributed by atoms with Gasteiger partial charge in [-0.05, 0) is 37.0 Å². The smallest absolute Gasteiger partial charge is 0.243 e. The molecule has 0 saturated heterocycles. The molecule has 0 saturated carbocycles. The molecule has 108 valence electrons. The first-order chi connectivity index (χ1) is 8.70. The van der Waals surface area contributed by atoms with Crippen LogP contribution in [-0.4, -0.2) is 26.2 Å². The fourth-order valence-corrected chi connectivity index (χ4v) is 3.62. The summed E-state index contributed by atoms with van der Waals surface area (Å²) in [6.07, 6.45) is 0. The van der Waals surface area contributed by atoms with Crippen LogP contribution >= 0.6 is 0 Å². The Balaban J connectivity index is 3.25. The number of aryl methyl sites for hydroxylation is 1. The second-order valence-electron chi connectivity index (χ2n) is 5.08. The lowest BCUT2D eigenvalue weighted by Gasteiger charge is -2.21. The summed E-state index contributed by atoms with van der Waals surface area (Å²) in [5.41, 5.74) is 7.50. The van der Waals surface area contributed by atoms with Gasteiger partial charge in [0.1, 0.15) is 4.90 Å². The largest absolute Gasteiger partial charge is 0.398 e. The Hall–Kier alpha value is -1.11.